The van der Waals surface area contributed by atoms with E-state index in [1.807, 2.05) is 25.1 Å². The average Bonchev–Trinajstić information content (AvgIpc) is 3.08. The zero-order valence-corrected chi connectivity index (χ0v) is 12.2. The van der Waals surface area contributed by atoms with Gasteiger partial charge in [0.15, 0.2) is 11.3 Å². The zero-order chi connectivity index (χ0) is 16.0. The van der Waals surface area contributed by atoms with Gasteiger partial charge in [-0.15, -0.1) is 0 Å². The number of aromatic nitrogens is 1. The molecule has 6 nitrogen and oxygen atoms in total. The van der Waals surface area contributed by atoms with Crippen molar-refractivity contribution >= 4 is 33.7 Å². The summed E-state index contributed by atoms with van der Waals surface area (Å²) < 4.78 is 10.5. The fourth-order valence-electron chi connectivity index (χ4n) is 2.47. The quantitative estimate of drug-likeness (QED) is 0.594. The summed E-state index contributed by atoms with van der Waals surface area (Å²) in [4.78, 5) is 26.0. The van der Waals surface area contributed by atoms with Crippen molar-refractivity contribution in [2.24, 2.45) is 0 Å². The predicted molar refractivity (Wildman–Crippen MR) is 85.7 cm³/mol. The van der Waals surface area contributed by atoms with E-state index in [4.69, 9.17) is 8.83 Å². The minimum Gasteiger partial charge on any atom is -0.451 e. The summed E-state index contributed by atoms with van der Waals surface area (Å²) >= 11 is 0. The maximum Gasteiger partial charge on any atom is 0.417 e. The molecule has 2 aromatic heterocycles. The Morgan fingerprint density at radius 3 is 2.78 bits per heavy atom. The minimum atomic E-state index is -0.531. The molecule has 0 fully saturated rings. The highest BCUT2D eigenvalue weighted by Gasteiger charge is 2.13. The number of fused-ring (bicyclic) bond motifs is 2. The van der Waals surface area contributed by atoms with Crippen LogP contribution in [0.2, 0.25) is 0 Å². The average molecular weight is 308 g/mol. The number of furan rings is 1. The van der Waals surface area contributed by atoms with E-state index in [2.05, 4.69) is 10.3 Å². The first kappa shape index (κ1) is 13.4. The predicted octanol–water partition coefficient (Wildman–Crippen LogP) is 3.43. The Morgan fingerprint density at radius 1 is 1.04 bits per heavy atom. The minimum absolute atomic E-state index is 0.228. The monoisotopic (exact) mass is 308 g/mol. The zero-order valence-electron chi connectivity index (χ0n) is 12.2. The molecule has 0 atom stereocenters. The number of aryl methyl sites for hydroxylation is 1. The molecule has 4 aromatic rings. The number of oxazole rings is 1. The molecule has 0 unspecified atom stereocenters. The number of carbonyl (C=O) groups excluding carboxylic acids is 1. The van der Waals surface area contributed by atoms with Crippen LogP contribution in [0.3, 0.4) is 0 Å². The number of aromatic amines is 1. The molecule has 6 heteroatoms. The van der Waals surface area contributed by atoms with E-state index < -0.39 is 5.76 Å². The SMILES string of the molecule is Cc1ccc2cc(C(=O)Nc3ccc4oc(=O)[nH]c4c3)oc2c1. The number of nitrogens with one attached hydrogen (secondary N) is 2. The Balaban J connectivity index is 1.65. The van der Waals surface area contributed by atoms with Gasteiger partial charge in [-0.1, -0.05) is 12.1 Å². The third-order valence-electron chi connectivity index (χ3n) is 3.58. The third kappa shape index (κ3) is 2.40. The molecule has 2 aromatic carbocycles. The maximum atomic E-state index is 12.3. The lowest BCUT2D eigenvalue weighted by molar-refractivity contribution is 0.0998. The largest absolute Gasteiger partial charge is 0.451 e. The molecule has 0 aliphatic heterocycles. The van der Waals surface area contributed by atoms with E-state index in [1.165, 1.54) is 0 Å². The number of hydrogen-bond donors (Lipinski definition) is 2. The number of carbonyl (C=O) groups is 1. The Morgan fingerprint density at radius 2 is 1.91 bits per heavy atom. The molecule has 0 saturated heterocycles. The Kier molecular flexibility index (Phi) is 2.84. The Hall–Kier alpha value is -3.28. The Labute approximate surface area is 129 Å². The summed E-state index contributed by atoms with van der Waals surface area (Å²) in [6, 6.07) is 12.4. The molecule has 0 spiro atoms. The molecule has 0 aliphatic carbocycles. The molecule has 1 amide bonds. The van der Waals surface area contributed by atoms with Crippen LogP contribution < -0.4 is 11.1 Å². The van der Waals surface area contributed by atoms with Crippen molar-refractivity contribution in [1.29, 1.82) is 0 Å². The number of hydrogen-bond acceptors (Lipinski definition) is 4. The van der Waals surface area contributed by atoms with Gasteiger partial charge in [0.05, 0.1) is 5.52 Å². The summed E-state index contributed by atoms with van der Waals surface area (Å²) in [7, 11) is 0. The van der Waals surface area contributed by atoms with Crippen LogP contribution in [0.4, 0.5) is 5.69 Å². The third-order valence-corrected chi connectivity index (χ3v) is 3.58. The topological polar surface area (TPSA) is 88.2 Å². The van der Waals surface area contributed by atoms with E-state index in [-0.39, 0.29) is 11.7 Å². The van der Waals surface area contributed by atoms with E-state index in [0.29, 0.717) is 22.4 Å². The van der Waals surface area contributed by atoms with Crippen LogP contribution in [0.1, 0.15) is 16.1 Å². The van der Waals surface area contributed by atoms with Gasteiger partial charge in [-0.25, -0.2) is 4.79 Å². The van der Waals surface area contributed by atoms with Gasteiger partial charge in [-0.05, 0) is 42.8 Å². The fraction of sp³-hybridized carbons (Fsp3) is 0.0588. The summed E-state index contributed by atoms with van der Waals surface area (Å²) in [6.07, 6.45) is 0. The molecule has 0 saturated carbocycles. The van der Waals surface area contributed by atoms with E-state index in [0.717, 1.165) is 10.9 Å². The highest BCUT2D eigenvalue weighted by atomic mass is 16.4. The van der Waals surface area contributed by atoms with Crippen LogP contribution in [0.5, 0.6) is 0 Å². The molecular formula is C17H12N2O4. The molecular weight excluding hydrogens is 296 g/mol. The van der Waals surface area contributed by atoms with Gasteiger partial charge in [0.25, 0.3) is 5.91 Å². The van der Waals surface area contributed by atoms with Crippen molar-refractivity contribution in [2.45, 2.75) is 6.92 Å². The van der Waals surface area contributed by atoms with E-state index in [1.54, 1.807) is 24.3 Å². The van der Waals surface area contributed by atoms with Crippen LogP contribution in [0.15, 0.2) is 56.1 Å². The lowest BCUT2D eigenvalue weighted by Crippen LogP contribution is -2.10. The van der Waals surface area contributed by atoms with Crippen molar-refractivity contribution < 1.29 is 13.6 Å². The first-order valence-corrected chi connectivity index (χ1v) is 7.03. The number of benzene rings is 2. The second kappa shape index (κ2) is 4.88. The van der Waals surface area contributed by atoms with Crippen molar-refractivity contribution in [1.82, 2.24) is 4.98 Å². The molecule has 2 N–H and O–H groups in total. The summed E-state index contributed by atoms with van der Waals surface area (Å²) in [5, 5.41) is 3.61. The van der Waals surface area contributed by atoms with Crippen LogP contribution in [0, 0.1) is 6.92 Å². The summed E-state index contributed by atoms with van der Waals surface area (Å²) in [5.74, 6) is -0.661. The fourth-order valence-corrected chi connectivity index (χ4v) is 2.47. The number of H-pyrrole nitrogens is 1. The molecule has 0 aliphatic rings. The van der Waals surface area contributed by atoms with Gasteiger partial charge >= 0.3 is 5.76 Å². The molecule has 114 valence electrons. The van der Waals surface area contributed by atoms with Gasteiger partial charge in [0.1, 0.15) is 5.58 Å². The second-order valence-corrected chi connectivity index (χ2v) is 5.33. The number of amides is 1. The molecule has 4 rings (SSSR count). The van der Waals surface area contributed by atoms with E-state index in [9.17, 15) is 9.59 Å². The highest BCUT2D eigenvalue weighted by Crippen LogP contribution is 2.22. The molecule has 23 heavy (non-hydrogen) atoms. The summed E-state index contributed by atoms with van der Waals surface area (Å²) in [6.45, 7) is 1.96. The van der Waals surface area contributed by atoms with Crippen LogP contribution in [-0.2, 0) is 0 Å². The van der Waals surface area contributed by atoms with Gasteiger partial charge in [0.2, 0.25) is 0 Å². The van der Waals surface area contributed by atoms with Crippen molar-refractivity contribution in [2.75, 3.05) is 5.32 Å². The van der Waals surface area contributed by atoms with Crippen LogP contribution >= 0.6 is 0 Å². The first-order valence-electron chi connectivity index (χ1n) is 7.03. The molecule has 0 bridgehead atoms. The number of rotatable bonds is 2. The summed E-state index contributed by atoms with van der Waals surface area (Å²) in [5.41, 5.74) is 3.23. The lowest BCUT2D eigenvalue weighted by Gasteiger charge is -2.02. The van der Waals surface area contributed by atoms with Gasteiger partial charge in [-0.3, -0.25) is 9.78 Å². The van der Waals surface area contributed by atoms with Crippen molar-refractivity contribution in [3.8, 4) is 0 Å². The number of anilines is 1. The Bertz CT molecular complexity index is 1100. The standard InChI is InChI=1S/C17H12N2O4/c1-9-2-3-10-7-15(22-14(10)6-9)16(20)18-11-4-5-13-12(8-11)19-17(21)23-13/h2-8H,1H3,(H,18,20)(H,19,21). The van der Waals surface area contributed by atoms with Gasteiger partial charge in [-0.2, -0.15) is 0 Å². The van der Waals surface area contributed by atoms with Crippen molar-refractivity contribution in [3.63, 3.8) is 0 Å². The van der Waals surface area contributed by atoms with Gasteiger partial charge < -0.3 is 14.2 Å². The van der Waals surface area contributed by atoms with Crippen LogP contribution in [0.25, 0.3) is 22.1 Å². The van der Waals surface area contributed by atoms with Gasteiger partial charge in [0, 0.05) is 11.1 Å². The highest BCUT2D eigenvalue weighted by molar-refractivity contribution is 6.05. The maximum absolute atomic E-state index is 12.3. The molecule has 2 heterocycles. The second-order valence-electron chi connectivity index (χ2n) is 5.33. The van der Waals surface area contributed by atoms with Crippen molar-refractivity contribution in [3.05, 3.63) is 64.3 Å². The first-order chi connectivity index (χ1) is 11.1. The smallest absolute Gasteiger partial charge is 0.417 e. The van der Waals surface area contributed by atoms with Crippen LogP contribution in [-0.4, -0.2) is 10.9 Å². The lowest BCUT2D eigenvalue weighted by atomic mass is 10.2. The molecule has 0 radical (unpaired) electrons. The normalized spacial score (nSPS) is 11.2. The van der Waals surface area contributed by atoms with E-state index >= 15 is 0 Å².